The molecule has 0 unspecified atom stereocenters. The molecular weight excluding hydrogens is 246 g/mol. The van der Waals surface area contributed by atoms with Crippen molar-refractivity contribution in [1.82, 2.24) is 0 Å². The molecule has 3 rings (SSSR count). The zero-order valence-electron chi connectivity index (χ0n) is 11.8. The normalized spacial score (nSPS) is 14.6. The van der Waals surface area contributed by atoms with Gasteiger partial charge < -0.3 is 4.90 Å². The summed E-state index contributed by atoms with van der Waals surface area (Å²) in [5.74, 6) is 0. The quantitative estimate of drug-likeness (QED) is 0.771. The van der Waals surface area contributed by atoms with Gasteiger partial charge >= 0.3 is 0 Å². The van der Waals surface area contributed by atoms with Gasteiger partial charge in [0.1, 0.15) is 0 Å². The zero-order chi connectivity index (χ0) is 13.9. The number of carbonyl (C=O) groups excluding carboxylic acids is 1. The minimum Gasteiger partial charge on any atom is -0.367 e. The summed E-state index contributed by atoms with van der Waals surface area (Å²) in [5, 5.41) is 0. The molecule has 0 fully saturated rings. The van der Waals surface area contributed by atoms with Crippen LogP contribution in [0.25, 0.3) is 0 Å². The smallest absolute Gasteiger partial charge is 0.152 e. The zero-order valence-corrected chi connectivity index (χ0v) is 11.8. The average molecular weight is 265 g/mol. The Bertz CT molecular complexity index is 633. The van der Waals surface area contributed by atoms with Crippen molar-refractivity contribution in [3.05, 3.63) is 64.7 Å². The third-order valence-electron chi connectivity index (χ3n) is 4.00. The number of fused-ring (bicyclic) bond motifs is 1. The van der Waals surface area contributed by atoms with Crippen LogP contribution in [0.3, 0.4) is 0 Å². The molecule has 0 amide bonds. The highest BCUT2D eigenvalue weighted by Crippen LogP contribution is 2.26. The molecule has 0 spiro atoms. The van der Waals surface area contributed by atoms with Gasteiger partial charge in [0.25, 0.3) is 0 Å². The predicted molar refractivity (Wildman–Crippen MR) is 82.4 cm³/mol. The van der Waals surface area contributed by atoms with Gasteiger partial charge in [0.15, 0.2) is 6.29 Å². The van der Waals surface area contributed by atoms with Crippen LogP contribution in [-0.2, 0) is 13.0 Å². The van der Waals surface area contributed by atoms with E-state index in [-0.39, 0.29) is 0 Å². The van der Waals surface area contributed by atoms with E-state index in [1.54, 1.807) is 0 Å². The fourth-order valence-corrected chi connectivity index (χ4v) is 2.96. The predicted octanol–water partition coefficient (Wildman–Crippen LogP) is 3.76. The lowest BCUT2D eigenvalue weighted by Gasteiger charge is -2.25. The van der Waals surface area contributed by atoms with Gasteiger partial charge in [0.05, 0.1) is 0 Å². The largest absolute Gasteiger partial charge is 0.367 e. The number of benzene rings is 2. The summed E-state index contributed by atoms with van der Waals surface area (Å²) in [6.45, 7) is 3.91. The van der Waals surface area contributed by atoms with Crippen LogP contribution in [0.1, 0.15) is 33.5 Å². The lowest BCUT2D eigenvalue weighted by molar-refractivity contribution is 0.112. The molecule has 20 heavy (non-hydrogen) atoms. The van der Waals surface area contributed by atoms with Gasteiger partial charge in [-0.1, -0.05) is 35.9 Å². The Balaban J connectivity index is 1.97. The average Bonchev–Trinajstić information content (AvgIpc) is 2.69. The van der Waals surface area contributed by atoms with E-state index in [1.807, 2.05) is 13.0 Å². The molecule has 0 saturated carbocycles. The Kier molecular flexibility index (Phi) is 3.55. The van der Waals surface area contributed by atoms with Crippen molar-refractivity contribution in [1.29, 1.82) is 0 Å². The number of hydrogen-bond acceptors (Lipinski definition) is 2. The summed E-state index contributed by atoms with van der Waals surface area (Å²) in [4.78, 5) is 13.7. The van der Waals surface area contributed by atoms with Gasteiger partial charge in [-0.3, -0.25) is 4.79 Å². The number of anilines is 1. The third-order valence-corrected chi connectivity index (χ3v) is 4.00. The molecule has 0 saturated heterocycles. The highest BCUT2D eigenvalue weighted by Gasteiger charge is 2.16. The van der Waals surface area contributed by atoms with Crippen LogP contribution in [-0.4, -0.2) is 12.8 Å². The Labute approximate surface area is 120 Å². The maximum absolute atomic E-state index is 11.3. The van der Waals surface area contributed by atoms with Gasteiger partial charge in [0.2, 0.25) is 0 Å². The molecule has 2 heteroatoms. The Morgan fingerprint density at radius 1 is 1.10 bits per heavy atom. The first-order chi connectivity index (χ1) is 9.78. The van der Waals surface area contributed by atoms with E-state index in [2.05, 4.69) is 41.3 Å². The first kappa shape index (κ1) is 12.9. The second kappa shape index (κ2) is 5.49. The number of hydrogen-bond donors (Lipinski definition) is 0. The van der Waals surface area contributed by atoms with E-state index < -0.39 is 0 Å². The summed E-state index contributed by atoms with van der Waals surface area (Å²) in [6.07, 6.45) is 3.22. The van der Waals surface area contributed by atoms with Gasteiger partial charge in [-0.05, 0) is 43.0 Å². The highest BCUT2D eigenvalue weighted by molar-refractivity contribution is 5.85. The molecule has 102 valence electrons. The molecule has 0 bridgehead atoms. The number of aldehydes is 1. The first-order valence-electron chi connectivity index (χ1n) is 7.15. The molecular formula is C18H19NO. The van der Waals surface area contributed by atoms with E-state index in [4.69, 9.17) is 0 Å². The summed E-state index contributed by atoms with van der Waals surface area (Å²) in [5.41, 5.74) is 5.80. The fourth-order valence-electron chi connectivity index (χ4n) is 2.96. The lowest BCUT2D eigenvalue weighted by atomic mass is 10.0. The number of carbonyl (C=O) groups is 1. The second-order valence-electron chi connectivity index (χ2n) is 5.47. The Morgan fingerprint density at radius 3 is 2.70 bits per heavy atom. The summed E-state index contributed by atoms with van der Waals surface area (Å²) < 4.78 is 0. The van der Waals surface area contributed by atoms with Crippen molar-refractivity contribution in [2.45, 2.75) is 26.3 Å². The number of aryl methyl sites for hydroxylation is 2. The highest BCUT2D eigenvalue weighted by atomic mass is 16.1. The van der Waals surface area contributed by atoms with E-state index in [9.17, 15) is 4.79 Å². The fraction of sp³-hybridized carbons (Fsp3) is 0.278. The summed E-state index contributed by atoms with van der Waals surface area (Å²) >= 11 is 0. The standard InChI is InChI=1S/C18H19NO/c1-14-8-9-18(17(11-14)13-20)19-10-4-7-15-5-2-3-6-16(15)12-19/h2-3,5-6,8-9,11,13H,4,7,10,12H2,1H3. The number of nitrogens with zero attached hydrogens (tertiary/aromatic N) is 1. The van der Waals surface area contributed by atoms with Crippen LogP contribution in [0, 0.1) is 6.92 Å². The van der Waals surface area contributed by atoms with Crippen molar-refractivity contribution >= 4 is 12.0 Å². The van der Waals surface area contributed by atoms with Crippen LogP contribution in [0.5, 0.6) is 0 Å². The molecule has 1 aliphatic rings. The van der Waals surface area contributed by atoms with Crippen molar-refractivity contribution in [2.24, 2.45) is 0 Å². The maximum Gasteiger partial charge on any atom is 0.152 e. The van der Waals surface area contributed by atoms with Crippen molar-refractivity contribution in [3.63, 3.8) is 0 Å². The molecule has 1 aliphatic heterocycles. The van der Waals surface area contributed by atoms with Crippen LogP contribution < -0.4 is 4.90 Å². The Hall–Kier alpha value is -2.09. The van der Waals surface area contributed by atoms with Gasteiger partial charge in [-0.25, -0.2) is 0 Å². The number of rotatable bonds is 2. The van der Waals surface area contributed by atoms with E-state index in [0.29, 0.717) is 0 Å². The van der Waals surface area contributed by atoms with Crippen molar-refractivity contribution < 1.29 is 4.79 Å². The van der Waals surface area contributed by atoms with Crippen LogP contribution in [0.2, 0.25) is 0 Å². The molecule has 0 aromatic heterocycles. The topological polar surface area (TPSA) is 20.3 Å². The minimum atomic E-state index is 0.796. The molecule has 0 N–H and O–H groups in total. The molecule has 2 aromatic carbocycles. The van der Waals surface area contributed by atoms with Gasteiger partial charge in [-0.15, -0.1) is 0 Å². The van der Waals surface area contributed by atoms with E-state index in [0.717, 1.165) is 49.0 Å². The minimum absolute atomic E-state index is 0.796. The third kappa shape index (κ3) is 2.46. The molecule has 2 aromatic rings. The van der Waals surface area contributed by atoms with Crippen LogP contribution in [0.4, 0.5) is 5.69 Å². The SMILES string of the molecule is Cc1ccc(N2CCCc3ccccc3C2)c(C=O)c1. The van der Waals surface area contributed by atoms with Crippen molar-refractivity contribution in [2.75, 3.05) is 11.4 Å². The van der Waals surface area contributed by atoms with Crippen LogP contribution >= 0.6 is 0 Å². The molecule has 0 atom stereocenters. The second-order valence-corrected chi connectivity index (χ2v) is 5.47. The van der Waals surface area contributed by atoms with Crippen LogP contribution in [0.15, 0.2) is 42.5 Å². The van der Waals surface area contributed by atoms with E-state index in [1.165, 1.54) is 11.1 Å². The van der Waals surface area contributed by atoms with Gasteiger partial charge in [-0.2, -0.15) is 0 Å². The summed E-state index contributed by atoms with van der Waals surface area (Å²) in [6, 6.07) is 14.7. The van der Waals surface area contributed by atoms with Gasteiger partial charge in [0, 0.05) is 24.3 Å². The maximum atomic E-state index is 11.3. The Morgan fingerprint density at radius 2 is 1.90 bits per heavy atom. The lowest BCUT2D eigenvalue weighted by Crippen LogP contribution is -2.23. The van der Waals surface area contributed by atoms with Crippen molar-refractivity contribution in [3.8, 4) is 0 Å². The first-order valence-corrected chi connectivity index (χ1v) is 7.15. The van der Waals surface area contributed by atoms with E-state index >= 15 is 0 Å². The molecule has 2 nitrogen and oxygen atoms in total. The summed E-state index contributed by atoms with van der Waals surface area (Å²) in [7, 11) is 0. The molecule has 0 aliphatic carbocycles. The molecule has 1 heterocycles. The molecule has 0 radical (unpaired) electrons. The monoisotopic (exact) mass is 265 g/mol.